The molecule has 2 aromatic carbocycles. The van der Waals surface area contributed by atoms with E-state index in [0.29, 0.717) is 11.6 Å². The average molecular weight is 445 g/mol. The van der Waals surface area contributed by atoms with Crippen molar-refractivity contribution < 1.29 is 9.18 Å². The number of benzene rings is 2. The van der Waals surface area contributed by atoms with Gasteiger partial charge in [0.05, 0.1) is 11.7 Å². The van der Waals surface area contributed by atoms with Gasteiger partial charge in [-0.15, -0.1) is 0 Å². The monoisotopic (exact) mass is 444 g/mol. The minimum Gasteiger partial charge on any atom is -0.334 e. The number of piperazine rings is 1. The minimum absolute atomic E-state index is 0.0351. The van der Waals surface area contributed by atoms with Crippen LogP contribution in [-0.4, -0.2) is 49.6 Å². The lowest BCUT2D eigenvalue weighted by Crippen LogP contribution is -2.57. The molecular formula is C22H22ClFN4OS. The molecule has 5 nitrogen and oxygen atoms in total. The Kier molecular flexibility index (Phi) is 6.13. The first-order valence-electron chi connectivity index (χ1n) is 9.79. The fourth-order valence-corrected chi connectivity index (χ4v) is 4.58. The first-order valence-corrected chi connectivity index (χ1v) is 10.9. The molecule has 2 atom stereocenters. The van der Waals surface area contributed by atoms with Crippen LogP contribution in [-0.2, 0) is 11.3 Å². The summed E-state index contributed by atoms with van der Waals surface area (Å²) in [4.78, 5) is 17.1. The van der Waals surface area contributed by atoms with Crippen molar-refractivity contribution in [1.29, 1.82) is 0 Å². The number of halogens is 2. The van der Waals surface area contributed by atoms with E-state index >= 15 is 0 Å². The zero-order valence-electron chi connectivity index (χ0n) is 16.8. The van der Waals surface area contributed by atoms with Crippen LogP contribution >= 0.6 is 23.3 Å². The quantitative estimate of drug-likeness (QED) is 0.551. The Morgan fingerprint density at radius 2 is 1.97 bits per heavy atom. The van der Waals surface area contributed by atoms with Gasteiger partial charge in [-0.2, -0.15) is 8.75 Å². The largest absolute Gasteiger partial charge is 0.334 e. The molecule has 0 radical (unpaired) electrons. The van der Waals surface area contributed by atoms with E-state index in [9.17, 15) is 9.18 Å². The summed E-state index contributed by atoms with van der Waals surface area (Å²) in [5, 5.41) is 0.568. The van der Waals surface area contributed by atoms with Crippen LogP contribution in [0.1, 0.15) is 25.0 Å². The average Bonchev–Trinajstić information content (AvgIpc) is 3.18. The number of nitrogens with zero attached hydrogens (tertiary/aromatic N) is 4. The zero-order valence-corrected chi connectivity index (χ0v) is 18.3. The first kappa shape index (κ1) is 20.9. The molecule has 2 heterocycles. The predicted octanol–water partition coefficient (Wildman–Crippen LogP) is 4.62. The fourth-order valence-electron chi connectivity index (χ4n) is 3.81. The Morgan fingerprint density at radius 1 is 1.20 bits per heavy atom. The number of rotatable bonds is 4. The van der Waals surface area contributed by atoms with Gasteiger partial charge in [-0.05, 0) is 49.8 Å². The molecule has 4 rings (SSSR count). The van der Waals surface area contributed by atoms with E-state index in [2.05, 4.69) is 27.5 Å². The maximum Gasteiger partial charge on any atom is 0.246 e. The molecule has 1 fully saturated rings. The topological polar surface area (TPSA) is 49.3 Å². The molecule has 3 aromatic rings. The lowest BCUT2D eigenvalue weighted by atomic mass is 10.1. The van der Waals surface area contributed by atoms with Gasteiger partial charge in [-0.1, -0.05) is 23.7 Å². The maximum absolute atomic E-state index is 13.2. The van der Waals surface area contributed by atoms with Crippen LogP contribution in [0.15, 0.2) is 42.5 Å². The Hall–Kier alpha value is -2.35. The molecule has 0 spiro atoms. The van der Waals surface area contributed by atoms with Crippen LogP contribution in [0.2, 0.25) is 5.02 Å². The molecule has 1 amide bonds. The Balaban J connectivity index is 1.44. The summed E-state index contributed by atoms with van der Waals surface area (Å²) in [6.07, 6.45) is 3.35. The molecule has 8 heteroatoms. The fraction of sp³-hybridized carbons (Fsp3) is 0.318. The van der Waals surface area contributed by atoms with Crippen molar-refractivity contribution in [3.63, 3.8) is 0 Å². The van der Waals surface area contributed by atoms with E-state index in [1.54, 1.807) is 24.3 Å². The Morgan fingerprint density at radius 3 is 2.73 bits per heavy atom. The highest BCUT2D eigenvalue weighted by Crippen LogP contribution is 2.24. The van der Waals surface area contributed by atoms with Crippen LogP contribution in [0.3, 0.4) is 0 Å². The van der Waals surface area contributed by atoms with Crippen molar-refractivity contribution in [1.82, 2.24) is 18.5 Å². The number of fused-ring (bicyclic) bond motifs is 1. The molecule has 1 aromatic heterocycles. The van der Waals surface area contributed by atoms with Crippen molar-refractivity contribution in [2.75, 3.05) is 13.1 Å². The lowest BCUT2D eigenvalue weighted by Gasteiger charge is -2.44. The van der Waals surface area contributed by atoms with Crippen molar-refractivity contribution in [3.05, 3.63) is 64.4 Å². The number of aromatic nitrogens is 2. The molecule has 0 bridgehead atoms. The Bertz CT molecular complexity index is 1080. The highest BCUT2D eigenvalue weighted by molar-refractivity contribution is 7.00. The number of carbonyl (C=O) groups excluding carboxylic acids is 1. The number of hydrogen-bond acceptors (Lipinski definition) is 5. The van der Waals surface area contributed by atoms with E-state index in [-0.39, 0.29) is 23.8 Å². The molecule has 1 aliphatic heterocycles. The summed E-state index contributed by atoms with van der Waals surface area (Å²) in [6.45, 7) is 6.29. The molecule has 1 aliphatic rings. The third kappa shape index (κ3) is 4.53. The molecular weight excluding hydrogens is 423 g/mol. The van der Waals surface area contributed by atoms with E-state index in [1.165, 1.54) is 12.1 Å². The lowest BCUT2D eigenvalue weighted by molar-refractivity contribution is -0.131. The normalized spacial score (nSPS) is 20.3. The number of amides is 1. The second kappa shape index (κ2) is 8.79. The maximum atomic E-state index is 13.2. The molecule has 0 N–H and O–H groups in total. The van der Waals surface area contributed by atoms with E-state index in [0.717, 1.165) is 47.0 Å². The number of hydrogen-bond donors (Lipinski definition) is 0. The van der Waals surface area contributed by atoms with Crippen LogP contribution in [0.25, 0.3) is 17.1 Å². The van der Waals surface area contributed by atoms with E-state index in [4.69, 9.17) is 11.6 Å². The predicted molar refractivity (Wildman–Crippen MR) is 119 cm³/mol. The Labute approximate surface area is 184 Å². The van der Waals surface area contributed by atoms with E-state index in [1.807, 2.05) is 17.0 Å². The van der Waals surface area contributed by atoms with Gasteiger partial charge >= 0.3 is 0 Å². The molecule has 0 saturated carbocycles. The molecule has 30 heavy (non-hydrogen) atoms. The smallest absolute Gasteiger partial charge is 0.246 e. The van der Waals surface area contributed by atoms with Gasteiger partial charge in [0.25, 0.3) is 0 Å². The summed E-state index contributed by atoms with van der Waals surface area (Å²) in [5.74, 6) is -0.264. The van der Waals surface area contributed by atoms with Crippen molar-refractivity contribution in [3.8, 4) is 0 Å². The summed E-state index contributed by atoms with van der Waals surface area (Å²) < 4.78 is 21.7. The standard InChI is InChI=1S/C22H22ClFN4OS/c1-14-12-28(15(2)11-27(14)13-16-3-6-19(24)7-4-16)21(29)8-5-17-9-18(23)10-20-22(17)26-30-25-20/h3-10,14-15H,11-13H2,1-2H3/t14-,15+/m0/s1. The zero-order chi connectivity index (χ0) is 21.3. The van der Waals surface area contributed by atoms with Crippen LogP contribution in [0.4, 0.5) is 4.39 Å². The van der Waals surface area contributed by atoms with Crippen molar-refractivity contribution >= 4 is 46.3 Å². The van der Waals surface area contributed by atoms with Gasteiger partial charge in [-0.25, -0.2) is 4.39 Å². The van der Waals surface area contributed by atoms with Gasteiger partial charge < -0.3 is 4.90 Å². The van der Waals surface area contributed by atoms with Gasteiger partial charge in [0.2, 0.25) is 5.91 Å². The van der Waals surface area contributed by atoms with Crippen LogP contribution < -0.4 is 0 Å². The second-order valence-corrected chi connectivity index (χ2v) is 8.67. The third-order valence-electron chi connectivity index (χ3n) is 5.46. The van der Waals surface area contributed by atoms with Crippen LogP contribution in [0, 0.1) is 5.82 Å². The highest BCUT2D eigenvalue weighted by atomic mass is 35.5. The van der Waals surface area contributed by atoms with Crippen molar-refractivity contribution in [2.45, 2.75) is 32.5 Å². The number of carbonyl (C=O) groups is 1. The molecule has 1 saturated heterocycles. The SMILES string of the molecule is C[C@@H]1CN(Cc2ccc(F)cc2)[C@@H](C)CN1C(=O)C=Cc1cc(Cl)cc2nsnc12. The van der Waals surface area contributed by atoms with Gasteiger partial charge in [0, 0.05) is 48.4 Å². The van der Waals surface area contributed by atoms with E-state index < -0.39 is 0 Å². The summed E-state index contributed by atoms with van der Waals surface area (Å²) in [5.41, 5.74) is 3.34. The van der Waals surface area contributed by atoms with Crippen LogP contribution in [0.5, 0.6) is 0 Å². The van der Waals surface area contributed by atoms with Crippen molar-refractivity contribution in [2.24, 2.45) is 0 Å². The minimum atomic E-state index is -0.229. The first-order chi connectivity index (χ1) is 14.4. The highest BCUT2D eigenvalue weighted by Gasteiger charge is 2.31. The summed E-state index contributed by atoms with van der Waals surface area (Å²) >= 11 is 7.29. The second-order valence-electron chi connectivity index (χ2n) is 7.70. The molecule has 156 valence electrons. The molecule has 0 aliphatic carbocycles. The summed E-state index contributed by atoms with van der Waals surface area (Å²) in [7, 11) is 0. The van der Waals surface area contributed by atoms with Gasteiger partial charge in [0.1, 0.15) is 16.9 Å². The summed E-state index contributed by atoms with van der Waals surface area (Å²) in [6, 6.07) is 10.4. The van der Waals surface area contributed by atoms with Gasteiger partial charge in [0.15, 0.2) is 0 Å². The van der Waals surface area contributed by atoms with Gasteiger partial charge in [-0.3, -0.25) is 9.69 Å². The third-order valence-corrected chi connectivity index (χ3v) is 6.22. The molecule has 0 unspecified atom stereocenters.